The number of rotatable bonds is 5. The van der Waals surface area contributed by atoms with Gasteiger partial charge in [0.1, 0.15) is 4.88 Å². The summed E-state index contributed by atoms with van der Waals surface area (Å²) in [5.41, 5.74) is 1.98. The maximum Gasteiger partial charge on any atom is 0.348 e. The zero-order valence-corrected chi connectivity index (χ0v) is 15.1. The van der Waals surface area contributed by atoms with Crippen molar-refractivity contribution in [2.45, 2.75) is 25.8 Å². The summed E-state index contributed by atoms with van der Waals surface area (Å²) in [6.07, 6.45) is 3.18. The van der Waals surface area contributed by atoms with Crippen LogP contribution in [0.25, 0.3) is 0 Å². The van der Waals surface area contributed by atoms with Gasteiger partial charge in [0.2, 0.25) is 0 Å². The van der Waals surface area contributed by atoms with Crippen LogP contribution in [0.3, 0.4) is 0 Å². The minimum Gasteiger partial charge on any atom is -0.451 e. The van der Waals surface area contributed by atoms with Crippen molar-refractivity contribution in [2.24, 2.45) is 0 Å². The zero-order chi connectivity index (χ0) is 17.1. The number of benzene rings is 1. The van der Waals surface area contributed by atoms with Gasteiger partial charge in [-0.25, -0.2) is 4.79 Å². The number of hydrogen-bond donors (Lipinski definition) is 1. The molecule has 3 rings (SSSR count). The number of ether oxygens (including phenoxy) is 1. The van der Waals surface area contributed by atoms with Gasteiger partial charge in [0.05, 0.1) is 0 Å². The Kier molecular flexibility index (Phi) is 5.43. The van der Waals surface area contributed by atoms with Crippen molar-refractivity contribution in [1.29, 1.82) is 0 Å². The van der Waals surface area contributed by atoms with Crippen molar-refractivity contribution in [3.63, 3.8) is 0 Å². The first-order valence-electron chi connectivity index (χ1n) is 7.52. The lowest BCUT2D eigenvalue weighted by Gasteiger charge is -2.08. The van der Waals surface area contributed by atoms with Crippen LogP contribution < -0.4 is 5.32 Å². The lowest BCUT2D eigenvalue weighted by Crippen LogP contribution is -2.28. The first kappa shape index (κ1) is 17.3. The summed E-state index contributed by atoms with van der Waals surface area (Å²) in [5.74, 6) is -0.826. The molecule has 0 atom stereocenters. The molecule has 0 fully saturated rings. The average Bonchev–Trinajstić information content (AvgIpc) is 3.13. The van der Waals surface area contributed by atoms with E-state index in [1.807, 2.05) is 6.07 Å². The Morgan fingerprint density at radius 1 is 1.21 bits per heavy atom. The molecule has 0 radical (unpaired) electrons. The number of amides is 1. The molecule has 24 heavy (non-hydrogen) atoms. The van der Waals surface area contributed by atoms with E-state index in [0.717, 1.165) is 24.8 Å². The molecule has 2 aromatic rings. The van der Waals surface area contributed by atoms with Crippen molar-refractivity contribution in [3.05, 3.63) is 55.2 Å². The van der Waals surface area contributed by atoms with Gasteiger partial charge in [-0.2, -0.15) is 0 Å². The number of aryl methyl sites for hydroxylation is 2. The number of thiophene rings is 1. The maximum atomic E-state index is 12.0. The third-order valence-corrected chi connectivity index (χ3v) is 5.58. The number of carbonyl (C=O) groups excluding carboxylic acids is 2. The molecule has 0 bridgehead atoms. The number of esters is 1. The molecular weight excluding hydrogens is 369 g/mol. The van der Waals surface area contributed by atoms with Gasteiger partial charge in [-0.05, 0) is 48.6 Å². The second kappa shape index (κ2) is 7.55. The quantitative estimate of drug-likeness (QED) is 0.793. The highest BCUT2D eigenvalue weighted by Gasteiger charge is 2.19. The van der Waals surface area contributed by atoms with Gasteiger partial charge in [0, 0.05) is 21.5 Å². The van der Waals surface area contributed by atoms with E-state index in [9.17, 15) is 9.59 Å². The van der Waals surface area contributed by atoms with Crippen LogP contribution in [0.15, 0.2) is 24.3 Å². The van der Waals surface area contributed by atoms with Gasteiger partial charge < -0.3 is 10.1 Å². The van der Waals surface area contributed by atoms with Gasteiger partial charge in [-0.3, -0.25) is 4.79 Å². The molecule has 1 aromatic carbocycles. The number of hydrogen-bond acceptors (Lipinski definition) is 4. The highest BCUT2D eigenvalue weighted by atomic mass is 35.5. The summed E-state index contributed by atoms with van der Waals surface area (Å²) in [6.45, 7) is -0.0632. The SMILES string of the molecule is O=C(COC(=O)c1cc2c(s1)CCC2)NCc1ccc(Cl)cc1Cl. The lowest BCUT2D eigenvalue weighted by atomic mass is 10.2. The van der Waals surface area contributed by atoms with Crippen LogP contribution in [0.2, 0.25) is 10.0 Å². The van der Waals surface area contributed by atoms with Crippen LogP contribution in [-0.4, -0.2) is 18.5 Å². The van der Waals surface area contributed by atoms with E-state index in [1.54, 1.807) is 18.2 Å². The minimum atomic E-state index is -0.450. The van der Waals surface area contributed by atoms with E-state index in [-0.39, 0.29) is 19.1 Å². The largest absolute Gasteiger partial charge is 0.451 e. The van der Waals surface area contributed by atoms with Crippen molar-refractivity contribution < 1.29 is 14.3 Å². The van der Waals surface area contributed by atoms with E-state index >= 15 is 0 Å². The molecule has 1 aromatic heterocycles. The van der Waals surface area contributed by atoms with Crippen LogP contribution >= 0.6 is 34.5 Å². The molecule has 126 valence electrons. The Bertz CT molecular complexity index is 767. The fourth-order valence-electron chi connectivity index (χ4n) is 2.54. The molecule has 1 amide bonds. The van der Waals surface area contributed by atoms with Crippen LogP contribution in [0.4, 0.5) is 0 Å². The van der Waals surface area contributed by atoms with Crippen LogP contribution in [-0.2, 0) is 28.9 Å². The maximum absolute atomic E-state index is 12.0. The minimum absolute atomic E-state index is 0.250. The Labute approximate surface area is 153 Å². The predicted octanol–water partition coefficient (Wildman–Crippen LogP) is 4.02. The molecule has 0 saturated carbocycles. The third kappa shape index (κ3) is 4.09. The Morgan fingerprint density at radius 2 is 2.04 bits per heavy atom. The lowest BCUT2D eigenvalue weighted by molar-refractivity contribution is -0.124. The molecule has 7 heteroatoms. The fourth-order valence-corrected chi connectivity index (χ4v) is 4.16. The summed E-state index contributed by atoms with van der Waals surface area (Å²) in [7, 11) is 0. The van der Waals surface area contributed by atoms with E-state index in [4.69, 9.17) is 27.9 Å². The van der Waals surface area contributed by atoms with Crippen LogP contribution in [0.1, 0.15) is 32.1 Å². The van der Waals surface area contributed by atoms with E-state index in [1.165, 1.54) is 21.8 Å². The standard InChI is InChI=1S/C17H15Cl2NO3S/c18-12-5-4-11(13(19)7-12)8-20-16(21)9-23-17(22)15-6-10-2-1-3-14(10)24-15/h4-7H,1-3,8-9H2,(H,20,21). The average molecular weight is 384 g/mol. The van der Waals surface area contributed by atoms with Crippen LogP contribution in [0, 0.1) is 0 Å². The molecule has 0 spiro atoms. The number of halogens is 2. The van der Waals surface area contributed by atoms with Gasteiger partial charge >= 0.3 is 5.97 Å². The second-order valence-corrected chi connectivity index (χ2v) is 7.48. The first-order chi connectivity index (χ1) is 11.5. The van der Waals surface area contributed by atoms with E-state index < -0.39 is 5.97 Å². The van der Waals surface area contributed by atoms with Crippen molar-refractivity contribution in [3.8, 4) is 0 Å². The molecule has 1 N–H and O–H groups in total. The van der Waals surface area contributed by atoms with E-state index in [0.29, 0.717) is 14.9 Å². The fraction of sp³-hybridized carbons (Fsp3) is 0.294. The smallest absolute Gasteiger partial charge is 0.348 e. The summed E-state index contributed by atoms with van der Waals surface area (Å²) in [6, 6.07) is 6.93. The number of fused-ring (bicyclic) bond motifs is 1. The molecule has 1 heterocycles. The van der Waals surface area contributed by atoms with Gasteiger partial charge in [0.15, 0.2) is 6.61 Å². The first-order valence-corrected chi connectivity index (χ1v) is 9.09. The van der Waals surface area contributed by atoms with Gasteiger partial charge in [-0.1, -0.05) is 29.3 Å². The molecule has 4 nitrogen and oxygen atoms in total. The van der Waals surface area contributed by atoms with Crippen molar-refractivity contribution in [2.75, 3.05) is 6.61 Å². The Morgan fingerprint density at radius 3 is 2.79 bits per heavy atom. The highest BCUT2D eigenvalue weighted by Crippen LogP contribution is 2.30. The number of nitrogens with one attached hydrogen (secondary N) is 1. The summed E-state index contributed by atoms with van der Waals surface area (Å²) in [4.78, 5) is 25.6. The second-order valence-electron chi connectivity index (χ2n) is 5.50. The molecule has 0 unspecified atom stereocenters. The molecule has 1 aliphatic carbocycles. The third-order valence-electron chi connectivity index (χ3n) is 3.77. The summed E-state index contributed by atoms with van der Waals surface area (Å²) >= 11 is 13.3. The molecule has 0 aliphatic heterocycles. The summed E-state index contributed by atoms with van der Waals surface area (Å²) < 4.78 is 5.07. The van der Waals surface area contributed by atoms with Crippen molar-refractivity contribution >= 4 is 46.4 Å². The molecular formula is C17H15Cl2NO3S. The normalized spacial score (nSPS) is 12.8. The van der Waals surface area contributed by atoms with Gasteiger partial charge in [0.25, 0.3) is 5.91 Å². The van der Waals surface area contributed by atoms with Gasteiger partial charge in [-0.15, -0.1) is 11.3 Å². The molecule has 1 aliphatic rings. The topological polar surface area (TPSA) is 55.4 Å². The highest BCUT2D eigenvalue weighted by molar-refractivity contribution is 7.14. The Balaban J connectivity index is 1.47. The molecule has 0 saturated heterocycles. The zero-order valence-electron chi connectivity index (χ0n) is 12.7. The monoisotopic (exact) mass is 383 g/mol. The van der Waals surface area contributed by atoms with Crippen LogP contribution in [0.5, 0.6) is 0 Å². The van der Waals surface area contributed by atoms with Crippen molar-refractivity contribution in [1.82, 2.24) is 5.32 Å². The summed E-state index contributed by atoms with van der Waals surface area (Å²) in [5, 5.41) is 3.68. The van der Waals surface area contributed by atoms with E-state index in [2.05, 4.69) is 5.32 Å². The predicted molar refractivity (Wildman–Crippen MR) is 94.9 cm³/mol. The number of carbonyl (C=O) groups is 2. The Hall–Kier alpha value is -1.56.